The Balaban J connectivity index is 2.13. The first-order valence-corrected chi connectivity index (χ1v) is 7.50. The highest BCUT2D eigenvalue weighted by molar-refractivity contribution is 7.13. The van der Waals surface area contributed by atoms with Crippen LogP contribution in [0.2, 0.25) is 0 Å². The highest BCUT2D eigenvalue weighted by Gasteiger charge is 2.34. The Morgan fingerprint density at radius 2 is 1.86 bits per heavy atom. The molecule has 0 aliphatic carbocycles. The van der Waals surface area contributed by atoms with Crippen LogP contribution in [-0.4, -0.2) is 33.9 Å². The summed E-state index contributed by atoms with van der Waals surface area (Å²) in [7, 11) is 2.65. The standard InChI is InChI=1S/C16H18NO3P/c18-15(19)14-10-12(9-11-3-1-2-4-13(11)14)16(20)5-7-17(21)8-6-16/h1-4,9-10,20H,5-8,21H2,(H,18,19). The molecule has 21 heavy (non-hydrogen) atoms. The number of hydrogen-bond donors (Lipinski definition) is 2. The minimum absolute atomic E-state index is 0.254. The second kappa shape index (κ2) is 5.38. The van der Waals surface area contributed by atoms with Gasteiger partial charge in [-0.1, -0.05) is 33.7 Å². The molecular weight excluding hydrogens is 285 g/mol. The van der Waals surface area contributed by atoms with E-state index in [4.69, 9.17) is 0 Å². The zero-order chi connectivity index (χ0) is 15.0. The minimum atomic E-state index is -0.958. The summed E-state index contributed by atoms with van der Waals surface area (Å²) in [4.78, 5) is 11.5. The normalized spacial score (nSPS) is 18.8. The molecule has 4 nitrogen and oxygen atoms in total. The molecule has 1 aliphatic heterocycles. The monoisotopic (exact) mass is 303 g/mol. The summed E-state index contributed by atoms with van der Waals surface area (Å²) in [5.41, 5.74) is 0.0166. The van der Waals surface area contributed by atoms with Crippen molar-refractivity contribution in [2.75, 3.05) is 13.1 Å². The lowest BCUT2D eigenvalue weighted by Gasteiger charge is -2.37. The molecule has 0 amide bonds. The molecule has 2 N–H and O–H groups in total. The first kappa shape index (κ1) is 14.5. The average Bonchev–Trinajstić information content (AvgIpc) is 2.49. The Labute approximate surface area is 125 Å². The molecule has 0 aromatic heterocycles. The highest BCUT2D eigenvalue weighted by atomic mass is 31.0. The fourth-order valence-electron chi connectivity index (χ4n) is 2.94. The van der Waals surface area contributed by atoms with Crippen LogP contribution in [0.1, 0.15) is 28.8 Å². The SMILES string of the molecule is O=C(O)c1cc(C2(O)CCN(P)CC2)cc2ccccc12. The minimum Gasteiger partial charge on any atom is -0.478 e. The summed E-state index contributed by atoms with van der Waals surface area (Å²) in [6.07, 6.45) is 1.21. The van der Waals surface area contributed by atoms with Crippen LogP contribution in [-0.2, 0) is 5.60 Å². The molecule has 1 saturated heterocycles. The maximum atomic E-state index is 11.5. The second-order valence-electron chi connectivity index (χ2n) is 5.62. The van der Waals surface area contributed by atoms with E-state index in [0.29, 0.717) is 23.8 Å². The maximum absolute atomic E-state index is 11.5. The van der Waals surface area contributed by atoms with Gasteiger partial charge >= 0.3 is 5.97 Å². The van der Waals surface area contributed by atoms with E-state index in [0.717, 1.165) is 18.5 Å². The topological polar surface area (TPSA) is 60.8 Å². The van der Waals surface area contributed by atoms with Gasteiger partial charge in [-0.05, 0) is 41.3 Å². The van der Waals surface area contributed by atoms with Crippen molar-refractivity contribution in [2.45, 2.75) is 18.4 Å². The summed E-state index contributed by atoms with van der Waals surface area (Å²) >= 11 is 0. The van der Waals surface area contributed by atoms with E-state index in [-0.39, 0.29) is 5.56 Å². The number of fused-ring (bicyclic) bond motifs is 1. The lowest BCUT2D eigenvalue weighted by molar-refractivity contribution is -0.00818. The Kier molecular flexibility index (Phi) is 3.70. The number of hydrogen-bond acceptors (Lipinski definition) is 3. The van der Waals surface area contributed by atoms with E-state index in [1.54, 1.807) is 12.1 Å². The molecule has 1 aliphatic rings. The number of aliphatic hydroxyl groups is 1. The zero-order valence-corrected chi connectivity index (χ0v) is 12.8. The third-order valence-electron chi connectivity index (χ3n) is 4.25. The van der Waals surface area contributed by atoms with Gasteiger partial charge in [-0.15, -0.1) is 0 Å². The van der Waals surface area contributed by atoms with Crippen LogP contribution in [0.15, 0.2) is 36.4 Å². The van der Waals surface area contributed by atoms with Gasteiger partial charge in [0, 0.05) is 13.1 Å². The van der Waals surface area contributed by atoms with Crippen molar-refractivity contribution in [3.63, 3.8) is 0 Å². The molecule has 0 saturated carbocycles. The molecule has 0 radical (unpaired) electrons. The average molecular weight is 303 g/mol. The number of rotatable bonds is 2. The largest absolute Gasteiger partial charge is 0.478 e. The summed E-state index contributed by atoms with van der Waals surface area (Å²) in [5.74, 6) is -0.958. The molecule has 1 atom stereocenters. The summed E-state index contributed by atoms with van der Waals surface area (Å²) in [6, 6.07) is 10.9. The molecule has 0 bridgehead atoms. The molecule has 3 rings (SSSR count). The Hall–Kier alpha value is -1.48. The Bertz CT molecular complexity index is 693. The number of carbonyl (C=O) groups is 1. The van der Waals surface area contributed by atoms with Gasteiger partial charge < -0.3 is 10.2 Å². The number of benzene rings is 2. The first-order chi connectivity index (χ1) is 9.99. The third kappa shape index (κ3) is 2.67. The Morgan fingerprint density at radius 3 is 2.52 bits per heavy atom. The fraction of sp³-hybridized carbons (Fsp3) is 0.312. The van der Waals surface area contributed by atoms with Crippen molar-refractivity contribution in [1.82, 2.24) is 4.67 Å². The van der Waals surface area contributed by atoms with Crippen molar-refractivity contribution in [2.24, 2.45) is 0 Å². The molecule has 110 valence electrons. The van der Waals surface area contributed by atoms with Gasteiger partial charge in [0.15, 0.2) is 0 Å². The van der Waals surface area contributed by atoms with E-state index in [9.17, 15) is 15.0 Å². The third-order valence-corrected chi connectivity index (χ3v) is 4.77. The summed E-state index contributed by atoms with van der Waals surface area (Å²) in [6.45, 7) is 1.55. The fourth-order valence-corrected chi connectivity index (χ4v) is 3.20. The van der Waals surface area contributed by atoms with E-state index in [1.165, 1.54) is 0 Å². The van der Waals surface area contributed by atoms with Crippen LogP contribution < -0.4 is 0 Å². The predicted octanol–water partition coefficient (Wildman–Crippen LogP) is 2.61. The van der Waals surface area contributed by atoms with Crippen LogP contribution in [0.5, 0.6) is 0 Å². The molecule has 2 aromatic carbocycles. The van der Waals surface area contributed by atoms with Gasteiger partial charge in [-0.3, -0.25) is 4.67 Å². The molecule has 1 fully saturated rings. The lowest BCUT2D eigenvalue weighted by atomic mass is 9.83. The van der Waals surface area contributed by atoms with E-state index in [2.05, 4.69) is 14.1 Å². The molecule has 2 aromatic rings. The summed E-state index contributed by atoms with van der Waals surface area (Å²) < 4.78 is 2.09. The lowest BCUT2D eigenvalue weighted by Crippen LogP contribution is -2.38. The molecular formula is C16H18NO3P. The van der Waals surface area contributed by atoms with Gasteiger partial charge in [0.05, 0.1) is 11.2 Å². The van der Waals surface area contributed by atoms with Crippen molar-refractivity contribution in [1.29, 1.82) is 0 Å². The van der Waals surface area contributed by atoms with E-state index in [1.807, 2.05) is 24.3 Å². The first-order valence-electron chi connectivity index (χ1n) is 6.98. The van der Waals surface area contributed by atoms with Crippen molar-refractivity contribution in [3.8, 4) is 0 Å². The van der Waals surface area contributed by atoms with Crippen LogP contribution in [0, 0.1) is 0 Å². The Morgan fingerprint density at radius 1 is 1.19 bits per heavy atom. The van der Waals surface area contributed by atoms with E-state index < -0.39 is 11.6 Å². The second-order valence-corrected chi connectivity index (χ2v) is 6.35. The van der Waals surface area contributed by atoms with Crippen LogP contribution in [0.3, 0.4) is 0 Å². The molecule has 0 spiro atoms. The quantitative estimate of drug-likeness (QED) is 0.837. The molecule has 1 unspecified atom stereocenters. The smallest absolute Gasteiger partial charge is 0.336 e. The summed E-state index contributed by atoms with van der Waals surface area (Å²) in [5, 5.41) is 21.9. The van der Waals surface area contributed by atoms with Crippen molar-refractivity contribution in [3.05, 3.63) is 47.5 Å². The number of carboxylic acid groups (broad SMARTS) is 1. The number of piperidine rings is 1. The van der Waals surface area contributed by atoms with Crippen LogP contribution in [0.4, 0.5) is 0 Å². The van der Waals surface area contributed by atoms with Crippen LogP contribution >= 0.6 is 9.39 Å². The number of aromatic carboxylic acids is 1. The predicted molar refractivity (Wildman–Crippen MR) is 85.3 cm³/mol. The van der Waals surface area contributed by atoms with Gasteiger partial charge in [-0.25, -0.2) is 4.79 Å². The highest BCUT2D eigenvalue weighted by Crippen LogP contribution is 2.36. The van der Waals surface area contributed by atoms with Gasteiger partial charge in [0.2, 0.25) is 0 Å². The maximum Gasteiger partial charge on any atom is 0.336 e. The molecule has 5 heteroatoms. The zero-order valence-electron chi connectivity index (χ0n) is 11.6. The van der Waals surface area contributed by atoms with Gasteiger partial charge in [-0.2, -0.15) is 0 Å². The molecule has 1 heterocycles. The number of carboxylic acids is 1. The van der Waals surface area contributed by atoms with Gasteiger partial charge in [0.1, 0.15) is 0 Å². The van der Waals surface area contributed by atoms with E-state index >= 15 is 0 Å². The van der Waals surface area contributed by atoms with Gasteiger partial charge in [0.25, 0.3) is 0 Å². The van der Waals surface area contributed by atoms with Crippen LogP contribution in [0.25, 0.3) is 10.8 Å². The van der Waals surface area contributed by atoms with Crippen molar-refractivity contribution < 1.29 is 15.0 Å². The number of nitrogens with zero attached hydrogens (tertiary/aromatic N) is 1. The van der Waals surface area contributed by atoms with Crippen molar-refractivity contribution >= 4 is 26.1 Å².